The van der Waals surface area contributed by atoms with Gasteiger partial charge in [0, 0.05) is 18.7 Å². The Morgan fingerprint density at radius 3 is 2.57 bits per heavy atom. The summed E-state index contributed by atoms with van der Waals surface area (Å²) >= 11 is 0. The van der Waals surface area contributed by atoms with Gasteiger partial charge in [0.05, 0.1) is 16.9 Å². The highest BCUT2D eigenvalue weighted by molar-refractivity contribution is 6.06. The third-order valence-electron chi connectivity index (χ3n) is 5.36. The zero-order chi connectivity index (χ0) is 21.1. The minimum atomic E-state index is -0.438. The van der Waals surface area contributed by atoms with E-state index in [0.717, 1.165) is 48.6 Å². The molecule has 0 spiro atoms. The van der Waals surface area contributed by atoms with Crippen molar-refractivity contribution in [3.8, 4) is 5.75 Å². The van der Waals surface area contributed by atoms with Crippen molar-refractivity contribution in [1.29, 1.82) is 0 Å². The zero-order valence-electron chi connectivity index (χ0n) is 17.1. The number of ether oxygens (including phenoxy) is 1. The topological polar surface area (TPSA) is 67.6 Å². The first kappa shape index (κ1) is 19.9. The molecule has 2 aromatic carbocycles. The summed E-state index contributed by atoms with van der Waals surface area (Å²) in [7, 11) is 0. The monoisotopic (exact) mass is 409 g/mol. The van der Waals surface area contributed by atoms with Crippen LogP contribution in [0.3, 0.4) is 0 Å². The van der Waals surface area contributed by atoms with Gasteiger partial charge in [0.1, 0.15) is 29.6 Å². The largest absolute Gasteiger partial charge is 0.489 e. The van der Waals surface area contributed by atoms with Gasteiger partial charge in [-0.25, -0.2) is 4.39 Å². The number of carbonyl (C=O) groups is 1. The molecule has 0 saturated carbocycles. The number of aromatic nitrogens is 1. The van der Waals surface area contributed by atoms with Crippen LogP contribution in [0, 0.1) is 19.7 Å². The van der Waals surface area contributed by atoms with Crippen LogP contribution in [0.2, 0.25) is 0 Å². The van der Waals surface area contributed by atoms with Crippen molar-refractivity contribution in [1.82, 2.24) is 5.16 Å². The predicted octanol–water partition coefficient (Wildman–Crippen LogP) is 4.86. The Labute approximate surface area is 174 Å². The Kier molecular flexibility index (Phi) is 5.70. The van der Waals surface area contributed by atoms with Crippen LogP contribution in [0.4, 0.5) is 15.8 Å². The maximum absolute atomic E-state index is 14.5. The highest BCUT2D eigenvalue weighted by Gasteiger charge is 2.20. The lowest BCUT2D eigenvalue weighted by Crippen LogP contribution is -2.22. The number of halogens is 1. The number of rotatable bonds is 6. The van der Waals surface area contributed by atoms with Gasteiger partial charge in [0.25, 0.3) is 5.91 Å². The molecule has 1 aliphatic rings. The summed E-state index contributed by atoms with van der Waals surface area (Å²) in [5.41, 5.74) is 3.08. The maximum Gasteiger partial charge on any atom is 0.255 e. The van der Waals surface area contributed by atoms with E-state index < -0.39 is 5.82 Å². The number of amides is 1. The van der Waals surface area contributed by atoms with Crippen LogP contribution >= 0.6 is 0 Å². The average Bonchev–Trinajstić information content (AvgIpc) is 3.39. The molecule has 0 radical (unpaired) electrons. The Hall–Kier alpha value is -3.35. The number of nitrogens with one attached hydrogen (secondary N) is 1. The number of anilines is 2. The third-order valence-corrected chi connectivity index (χ3v) is 5.36. The van der Waals surface area contributed by atoms with Gasteiger partial charge in [-0.05, 0) is 63.1 Å². The van der Waals surface area contributed by atoms with Crippen LogP contribution in [0.15, 0.2) is 47.0 Å². The molecule has 30 heavy (non-hydrogen) atoms. The minimum Gasteiger partial charge on any atom is -0.489 e. The summed E-state index contributed by atoms with van der Waals surface area (Å²) in [6.07, 6.45) is 2.14. The fourth-order valence-corrected chi connectivity index (χ4v) is 3.61. The van der Waals surface area contributed by atoms with E-state index in [1.807, 2.05) is 19.9 Å². The molecule has 1 saturated heterocycles. The van der Waals surface area contributed by atoms with E-state index in [4.69, 9.17) is 9.26 Å². The van der Waals surface area contributed by atoms with Gasteiger partial charge in [-0.2, -0.15) is 0 Å². The highest BCUT2D eigenvalue weighted by atomic mass is 19.1. The van der Waals surface area contributed by atoms with Gasteiger partial charge in [-0.1, -0.05) is 11.2 Å². The number of para-hydroxylation sites is 1. The second-order valence-corrected chi connectivity index (χ2v) is 7.40. The number of benzene rings is 2. The third kappa shape index (κ3) is 4.15. The fraction of sp³-hybridized carbons (Fsp3) is 0.304. The van der Waals surface area contributed by atoms with Crippen molar-refractivity contribution in [3.63, 3.8) is 0 Å². The SMILES string of the molecule is Cc1noc(C)c1COc1ccc(C(=O)Nc2c(F)cccc2N2CCCC2)cc1. The van der Waals surface area contributed by atoms with Crippen molar-refractivity contribution in [2.75, 3.05) is 23.3 Å². The van der Waals surface area contributed by atoms with Gasteiger partial charge in [-0.3, -0.25) is 4.79 Å². The van der Waals surface area contributed by atoms with E-state index in [2.05, 4.69) is 15.4 Å². The fourth-order valence-electron chi connectivity index (χ4n) is 3.61. The Balaban J connectivity index is 1.44. The molecule has 156 valence electrons. The first-order chi connectivity index (χ1) is 14.5. The molecule has 1 aromatic heterocycles. The molecule has 7 heteroatoms. The summed E-state index contributed by atoms with van der Waals surface area (Å²) in [6.45, 7) is 5.76. The number of hydrogen-bond acceptors (Lipinski definition) is 5. The Morgan fingerprint density at radius 2 is 1.90 bits per heavy atom. The van der Waals surface area contributed by atoms with Crippen molar-refractivity contribution < 1.29 is 18.4 Å². The molecule has 2 heterocycles. The quantitative estimate of drug-likeness (QED) is 0.630. The van der Waals surface area contributed by atoms with Crippen LogP contribution in [0.25, 0.3) is 0 Å². The second-order valence-electron chi connectivity index (χ2n) is 7.40. The van der Waals surface area contributed by atoms with Crippen LogP contribution in [-0.4, -0.2) is 24.2 Å². The first-order valence-corrected chi connectivity index (χ1v) is 10.0. The van der Waals surface area contributed by atoms with Gasteiger partial charge in [-0.15, -0.1) is 0 Å². The van der Waals surface area contributed by atoms with E-state index in [0.29, 0.717) is 17.9 Å². The number of aryl methyl sites for hydroxylation is 2. The van der Waals surface area contributed by atoms with Crippen LogP contribution in [0.5, 0.6) is 5.75 Å². The summed E-state index contributed by atoms with van der Waals surface area (Å²) in [5.74, 6) is 0.544. The van der Waals surface area contributed by atoms with Gasteiger partial charge in [0.2, 0.25) is 0 Å². The van der Waals surface area contributed by atoms with E-state index in [1.54, 1.807) is 30.3 Å². The number of hydrogen-bond donors (Lipinski definition) is 1. The average molecular weight is 409 g/mol. The Morgan fingerprint density at radius 1 is 1.17 bits per heavy atom. The molecule has 0 aliphatic carbocycles. The molecule has 1 aliphatic heterocycles. The Bertz CT molecular complexity index is 1020. The molecule has 0 unspecified atom stereocenters. The molecule has 6 nitrogen and oxygen atoms in total. The molecule has 0 atom stereocenters. The molecule has 3 aromatic rings. The molecule has 1 N–H and O–H groups in total. The van der Waals surface area contributed by atoms with Crippen LogP contribution < -0.4 is 15.0 Å². The van der Waals surface area contributed by atoms with Crippen LogP contribution in [0.1, 0.15) is 40.2 Å². The van der Waals surface area contributed by atoms with E-state index in [9.17, 15) is 9.18 Å². The molecular weight excluding hydrogens is 385 g/mol. The van der Waals surface area contributed by atoms with E-state index >= 15 is 0 Å². The lowest BCUT2D eigenvalue weighted by Gasteiger charge is -2.22. The molecule has 0 bridgehead atoms. The first-order valence-electron chi connectivity index (χ1n) is 10.0. The summed E-state index contributed by atoms with van der Waals surface area (Å²) in [6, 6.07) is 11.6. The summed E-state index contributed by atoms with van der Waals surface area (Å²) in [4.78, 5) is 14.8. The lowest BCUT2D eigenvalue weighted by molar-refractivity contribution is 0.102. The van der Waals surface area contributed by atoms with E-state index in [-0.39, 0.29) is 11.6 Å². The second kappa shape index (κ2) is 8.57. The van der Waals surface area contributed by atoms with Gasteiger partial charge in [0.15, 0.2) is 0 Å². The smallest absolute Gasteiger partial charge is 0.255 e. The van der Waals surface area contributed by atoms with Gasteiger partial charge < -0.3 is 19.5 Å². The normalized spacial score (nSPS) is 13.5. The molecule has 4 rings (SSSR count). The van der Waals surface area contributed by atoms with Crippen molar-refractivity contribution in [3.05, 3.63) is 70.9 Å². The van der Waals surface area contributed by atoms with Crippen molar-refractivity contribution in [2.45, 2.75) is 33.3 Å². The van der Waals surface area contributed by atoms with Crippen molar-refractivity contribution in [2.24, 2.45) is 0 Å². The van der Waals surface area contributed by atoms with E-state index in [1.165, 1.54) is 6.07 Å². The predicted molar refractivity (Wildman–Crippen MR) is 113 cm³/mol. The zero-order valence-corrected chi connectivity index (χ0v) is 17.1. The maximum atomic E-state index is 14.5. The molecular formula is C23H24FN3O3. The summed E-state index contributed by atoms with van der Waals surface area (Å²) in [5, 5.41) is 6.65. The standard InChI is InChI=1S/C23H24FN3O3/c1-15-19(16(2)30-26-15)14-29-18-10-8-17(9-11-18)23(28)25-22-20(24)6-5-7-21(22)27-12-3-4-13-27/h5-11H,3-4,12-14H2,1-2H3,(H,25,28). The minimum absolute atomic E-state index is 0.225. The highest BCUT2D eigenvalue weighted by Crippen LogP contribution is 2.31. The number of nitrogens with zero attached hydrogens (tertiary/aromatic N) is 2. The van der Waals surface area contributed by atoms with Crippen LogP contribution in [-0.2, 0) is 6.61 Å². The van der Waals surface area contributed by atoms with Crippen molar-refractivity contribution >= 4 is 17.3 Å². The summed E-state index contributed by atoms with van der Waals surface area (Å²) < 4.78 is 25.4. The lowest BCUT2D eigenvalue weighted by atomic mass is 10.1. The van der Waals surface area contributed by atoms with Gasteiger partial charge >= 0.3 is 0 Å². The molecule has 1 fully saturated rings. The molecule has 1 amide bonds. The number of carbonyl (C=O) groups excluding carboxylic acids is 1.